The van der Waals surface area contributed by atoms with E-state index in [1.54, 1.807) is 0 Å². The quantitative estimate of drug-likeness (QED) is 0.806. The summed E-state index contributed by atoms with van der Waals surface area (Å²) in [4.78, 5) is 2.48. The first-order chi connectivity index (χ1) is 8.66. The summed E-state index contributed by atoms with van der Waals surface area (Å²) >= 11 is 0. The molecule has 0 aromatic heterocycles. The molecule has 2 rings (SSSR count). The summed E-state index contributed by atoms with van der Waals surface area (Å²) in [6.45, 7) is 3.56. The second kappa shape index (κ2) is 6.38. The Labute approximate surface area is 114 Å². The van der Waals surface area contributed by atoms with E-state index in [0.717, 1.165) is 12.0 Å². The lowest BCUT2D eigenvalue weighted by Crippen LogP contribution is -2.52. The van der Waals surface area contributed by atoms with Crippen LogP contribution in [0.5, 0.6) is 0 Å². The summed E-state index contributed by atoms with van der Waals surface area (Å²) < 4.78 is 0. The molecule has 106 valence electrons. The standard InChI is InChI=1S/C16H32N2/c1-4-14-8-7-9-15(12-14)17-13-16(18(2)3)10-5-6-11-16/h14-15,17H,4-13H2,1-3H3. The van der Waals surface area contributed by atoms with Crippen LogP contribution in [0.3, 0.4) is 0 Å². The maximum Gasteiger partial charge on any atom is 0.0327 e. The minimum absolute atomic E-state index is 0.457. The molecular weight excluding hydrogens is 220 g/mol. The Kier molecular flexibility index (Phi) is 5.08. The van der Waals surface area contributed by atoms with Gasteiger partial charge in [0.25, 0.3) is 0 Å². The zero-order chi connectivity index (χ0) is 13.0. The van der Waals surface area contributed by atoms with Crippen LogP contribution < -0.4 is 5.32 Å². The molecule has 2 saturated carbocycles. The normalized spacial score (nSPS) is 32.0. The molecule has 2 atom stereocenters. The molecule has 2 aliphatic carbocycles. The van der Waals surface area contributed by atoms with E-state index in [0.29, 0.717) is 5.54 Å². The zero-order valence-electron chi connectivity index (χ0n) is 12.7. The second-order valence-corrected chi connectivity index (χ2v) is 6.84. The van der Waals surface area contributed by atoms with Crippen LogP contribution in [-0.2, 0) is 0 Å². The van der Waals surface area contributed by atoms with Crippen molar-refractivity contribution in [3.63, 3.8) is 0 Å². The fraction of sp³-hybridized carbons (Fsp3) is 1.00. The van der Waals surface area contributed by atoms with E-state index in [4.69, 9.17) is 0 Å². The maximum absolute atomic E-state index is 3.91. The largest absolute Gasteiger partial charge is 0.312 e. The van der Waals surface area contributed by atoms with E-state index in [1.165, 1.54) is 64.3 Å². The van der Waals surface area contributed by atoms with Crippen LogP contribution in [-0.4, -0.2) is 37.1 Å². The van der Waals surface area contributed by atoms with Gasteiger partial charge in [-0.1, -0.05) is 39.0 Å². The monoisotopic (exact) mass is 252 g/mol. The molecule has 2 heteroatoms. The first kappa shape index (κ1) is 14.3. The zero-order valence-corrected chi connectivity index (χ0v) is 12.7. The number of rotatable bonds is 5. The minimum atomic E-state index is 0.457. The lowest BCUT2D eigenvalue weighted by atomic mass is 9.83. The van der Waals surface area contributed by atoms with Gasteiger partial charge < -0.3 is 10.2 Å². The molecule has 2 unspecified atom stereocenters. The third kappa shape index (κ3) is 3.27. The highest BCUT2D eigenvalue weighted by Gasteiger charge is 2.36. The molecule has 0 heterocycles. The van der Waals surface area contributed by atoms with Crippen LogP contribution in [0.25, 0.3) is 0 Å². The summed E-state index contributed by atoms with van der Waals surface area (Å²) in [5.41, 5.74) is 0.457. The Morgan fingerprint density at radius 2 is 1.83 bits per heavy atom. The van der Waals surface area contributed by atoms with Crippen LogP contribution in [0.1, 0.15) is 64.7 Å². The molecule has 0 amide bonds. The van der Waals surface area contributed by atoms with Gasteiger partial charge in [0.15, 0.2) is 0 Å². The lowest BCUT2D eigenvalue weighted by molar-refractivity contribution is 0.141. The Balaban J connectivity index is 1.82. The third-order valence-electron chi connectivity index (χ3n) is 5.56. The molecule has 0 radical (unpaired) electrons. The number of hydrogen-bond acceptors (Lipinski definition) is 2. The molecule has 2 fully saturated rings. The van der Waals surface area contributed by atoms with Crippen molar-refractivity contribution in [3.8, 4) is 0 Å². The van der Waals surface area contributed by atoms with Crippen molar-refractivity contribution in [2.45, 2.75) is 76.3 Å². The van der Waals surface area contributed by atoms with Crippen LogP contribution in [0.2, 0.25) is 0 Å². The Morgan fingerprint density at radius 1 is 1.11 bits per heavy atom. The van der Waals surface area contributed by atoms with Gasteiger partial charge in [0, 0.05) is 18.1 Å². The predicted octanol–water partition coefficient (Wildman–Crippen LogP) is 3.42. The number of hydrogen-bond donors (Lipinski definition) is 1. The van der Waals surface area contributed by atoms with Crippen molar-refractivity contribution in [1.29, 1.82) is 0 Å². The molecule has 0 aliphatic heterocycles. The first-order valence-electron chi connectivity index (χ1n) is 8.07. The SMILES string of the molecule is CCC1CCCC(NCC2(N(C)C)CCCC2)C1. The molecule has 18 heavy (non-hydrogen) atoms. The van der Waals surface area contributed by atoms with Crippen molar-refractivity contribution in [2.75, 3.05) is 20.6 Å². The number of nitrogens with zero attached hydrogens (tertiary/aromatic N) is 1. The van der Waals surface area contributed by atoms with Gasteiger partial charge in [-0.2, -0.15) is 0 Å². The van der Waals surface area contributed by atoms with E-state index in [9.17, 15) is 0 Å². The summed E-state index contributed by atoms with van der Waals surface area (Å²) in [7, 11) is 4.53. The molecule has 0 saturated heterocycles. The molecule has 0 spiro atoms. The van der Waals surface area contributed by atoms with Crippen LogP contribution in [0.15, 0.2) is 0 Å². The van der Waals surface area contributed by atoms with E-state index in [1.807, 2.05) is 0 Å². The van der Waals surface area contributed by atoms with E-state index in [-0.39, 0.29) is 0 Å². The van der Waals surface area contributed by atoms with Crippen molar-refractivity contribution in [2.24, 2.45) is 5.92 Å². The lowest BCUT2D eigenvalue weighted by Gasteiger charge is -2.39. The van der Waals surface area contributed by atoms with E-state index >= 15 is 0 Å². The maximum atomic E-state index is 3.91. The fourth-order valence-corrected chi connectivity index (χ4v) is 4.00. The number of likely N-dealkylation sites (N-methyl/N-ethyl adjacent to an activating group) is 1. The van der Waals surface area contributed by atoms with Gasteiger partial charge in [0.2, 0.25) is 0 Å². The van der Waals surface area contributed by atoms with E-state index in [2.05, 4.69) is 31.2 Å². The molecule has 0 aromatic carbocycles. The highest BCUT2D eigenvalue weighted by atomic mass is 15.2. The molecule has 1 N–H and O–H groups in total. The molecular formula is C16H32N2. The summed E-state index contributed by atoms with van der Waals surface area (Å²) in [6, 6.07) is 0.793. The van der Waals surface area contributed by atoms with Gasteiger partial charge in [-0.25, -0.2) is 0 Å². The van der Waals surface area contributed by atoms with Gasteiger partial charge in [-0.15, -0.1) is 0 Å². The van der Waals surface area contributed by atoms with Crippen molar-refractivity contribution < 1.29 is 0 Å². The van der Waals surface area contributed by atoms with E-state index < -0.39 is 0 Å². The van der Waals surface area contributed by atoms with Gasteiger partial charge >= 0.3 is 0 Å². The topological polar surface area (TPSA) is 15.3 Å². The molecule has 0 bridgehead atoms. The van der Waals surface area contributed by atoms with Crippen molar-refractivity contribution >= 4 is 0 Å². The minimum Gasteiger partial charge on any atom is -0.312 e. The fourth-order valence-electron chi connectivity index (χ4n) is 4.00. The predicted molar refractivity (Wildman–Crippen MR) is 78.9 cm³/mol. The van der Waals surface area contributed by atoms with Gasteiger partial charge in [-0.3, -0.25) is 0 Å². The molecule has 0 aromatic rings. The van der Waals surface area contributed by atoms with Gasteiger partial charge in [-0.05, 0) is 45.7 Å². The van der Waals surface area contributed by atoms with Gasteiger partial charge in [0.1, 0.15) is 0 Å². The Morgan fingerprint density at radius 3 is 2.44 bits per heavy atom. The average Bonchev–Trinajstić information content (AvgIpc) is 2.87. The van der Waals surface area contributed by atoms with Crippen LogP contribution in [0, 0.1) is 5.92 Å². The van der Waals surface area contributed by atoms with Crippen molar-refractivity contribution in [3.05, 3.63) is 0 Å². The summed E-state index contributed by atoms with van der Waals surface area (Å²) in [6.07, 6.45) is 12.7. The molecule has 2 nitrogen and oxygen atoms in total. The second-order valence-electron chi connectivity index (χ2n) is 6.84. The van der Waals surface area contributed by atoms with Crippen molar-refractivity contribution in [1.82, 2.24) is 10.2 Å². The summed E-state index contributed by atoms with van der Waals surface area (Å²) in [5, 5.41) is 3.91. The molecule has 2 aliphatic rings. The number of nitrogens with one attached hydrogen (secondary N) is 1. The Bertz CT molecular complexity index is 243. The average molecular weight is 252 g/mol. The Hall–Kier alpha value is -0.0800. The highest BCUT2D eigenvalue weighted by Crippen LogP contribution is 2.34. The highest BCUT2D eigenvalue weighted by molar-refractivity contribution is 4.95. The smallest absolute Gasteiger partial charge is 0.0327 e. The van der Waals surface area contributed by atoms with Crippen LogP contribution in [0.4, 0.5) is 0 Å². The van der Waals surface area contributed by atoms with Gasteiger partial charge in [0.05, 0.1) is 0 Å². The first-order valence-corrected chi connectivity index (χ1v) is 8.07. The van der Waals surface area contributed by atoms with Crippen LogP contribution >= 0.6 is 0 Å². The summed E-state index contributed by atoms with van der Waals surface area (Å²) in [5.74, 6) is 0.982. The third-order valence-corrected chi connectivity index (χ3v) is 5.56.